The second-order valence-electron chi connectivity index (χ2n) is 5.24. The number of benzene rings is 1. The van der Waals surface area contributed by atoms with Gasteiger partial charge in [0, 0.05) is 10.6 Å². The van der Waals surface area contributed by atoms with Crippen molar-refractivity contribution in [1.82, 2.24) is 10.6 Å². The molecular formula is C16H21ClN2O4. The fourth-order valence-corrected chi connectivity index (χ4v) is 2.04. The first-order chi connectivity index (χ1) is 10.8. The van der Waals surface area contributed by atoms with Crippen LogP contribution in [0.3, 0.4) is 0 Å². The van der Waals surface area contributed by atoms with Gasteiger partial charge in [0.05, 0.1) is 0 Å². The minimum Gasteiger partial charge on any atom is -0.480 e. The number of hydrogen-bond donors (Lipinski definition) is 3. The van der Waals surface area contributed by atoms with E-state index in [9.17, 15) is 14.4 Å². The SMILES string of the molecule is CCCCC(NC(=O)C(C)NC(=O)c1ccc(Cl)cc1)C(=O)O. The predicted octanol–water partition coefficient (Wildman–Crippen LogP) is 2.22. The number of nitrogens with one attached hydrogen (secondary N) is 2. The molecule has 2 unspecified atom stereocenters. The van der Waals surface area contributed by atoms with Crippen LogP contribution in [0, 0.1) is 0 Å². The van der Waals surface area contributed by atoms with Gasteiger partial charge in [-0.3, -0.25) is 9.59 Å². The fraction of sp³-hybridized carbons (Fsp3) is 0.438. The third kappa shape index (κ3) is 6.28. The number of carbonyl (C=O) groups excluding carboxylic acids is 2. The molecule has 7 heteroatoms. The number of halogens is 1. The summed E-state index contributed by atoms with van der Waals surface area (Å²) in [6, 6.07) is 4.45. The van der Waals surface area contributed by atoms with E-state index in [-0.39, 0.29) is 0 Å². The number of unbranched alkanes of at least 4 members (excludes halogenated alkanes) is 1. The van der Waals surface area contributed by atoms with E-state index in [4.69, 9.17) is 16.7 Å². The van der Waals surface area contributed by atoms with Crippen LogP contribution >= 0.6 is 11.6 Å². The molecule has 0 radical (unpaired) electrons. The van der Waals surface area contributed by atoms with Crippen LogP contribution in [-0.2, 0) is 9.59 Å². The van der Waals surface area contributed by atoms with Crippen LogP contribution in [0.5, 0.6) is 0 Å². The molecular weight excluding hydrogens is 320 g/mol. The quantitative estimate of drug-likeness (QED) is 0.676. The van der Waals surface area contributed by atoms with Crippen molar-refractivity contribution in [3.8, 4) is 0 Å². The minimum absolute atomic E-state index is 0.357. The Bertz CT molecular complexity index is 560. The predicted molar refractivity (Wildman–Crippen MR) is 87.5 cm³/mol. The van der Waals surface area contributed by atoms with Crippen molar-refractivity contribution in [2.75, 3.05) is 0 Å². The van der Waals surface area contributed by atoms with Crippen molar-refractivity contribution < 1.29 is 19.5 Å². The highest BCUT2D eigenvalue weighted by Gasteiger charge is 2.23. The summed E-state index contributed by atoms with van der Waals surface area (Å²) in [5.41, 5.74) is 0.370. The average Bonchev–Trinajstić information content (AvgIpc) is 2.51. The van der Waals surface area contributed by atoms with E-state index < -0.39 is 29.9 Å². The average molecular weight is 341 g/mol. The highest BCUT2D eigenvalue weighted by Crippen LogP contribution is 2.09. The summed E-state index contributed by atoms with van der Waals surface area (Å²) < 4.78 is 0. The van der Waals surface area contributed by atoms with E-state index >= 15 is 0 Å². The molecule has 0 aliphatic carbocycles. The third-order valence-electron chi connectivity index (χ3n) is 3.31. The maximum absolute atomic E-state index is 12.0. The van der Waals surface area contributed by atoms with Crippen molar-refractivity contribution in [2.24, 2.45) is 0 Å². The molecule has 0 fully saturated rings. The molecule has 0 aromatic heterocycles. The van der Waals surface area contributed by atoms with Gasteiger partial charge in [-0.2, -0.15) is 0 Å². The molecule has 0 bridgehead atoms. The summed E-state index contributed by atoms with van der Waals surface area (Å²) in [4.78, 5) is 35.2. The molecule has 0 heterocycles. The number of carboxylic acid groups (broad SMARTS) is 1. The second-order valence-corrected chi connectivity index (χ2v) is 5.68. The van der Waals surface area contributed by atoms with Gasteiger partial charge >= 0.3 is 5.97 Å². The lowest BCUT2D eigenvalue weighted by molar-refractivity contribution is -0.142. The molecule has 126 valence electrons. The van der Waals surface area contributed by atoms with Crippen LogP contribution in [0.25, 0.3) is 0 Å². The smallest absolute Gasteiger partial charge is 0.326 e. The lowest BCUT2D eigenvalue weighted by atomic mass is 10.1. The Labute approximate surface area is 140 Å². The van der Waals surface area contributed by atoms with Crippen molar-refractivity contribution >= 4 is 29.4 Å². The van der Waals surface area contributed by atoms with Gasteiger partial charge in [0.15, 0.2) is 0 Å². The zero-order chi connectivity index (χ0) is 17.4. The molecule has 2 amide bonds. The van der Waals surface area contributed by atoms with E-state index in [2.05, 4.69) is 10.6 Å². The Balaban J connectivity index is 2.59. The van der Waals surface area contributed by atoms with Crippen LogP contribution in [0.4, 0.5) is 0 Å². The number of amides is 2. The number of carbonyl (C=O) groups is 3. The van der Waals surface area contributed by atoms with Crippen LogP contribution in [0.2, 0.25) is 5.02 Å². The van der Waals surface area contributed by atoms with Gasteiger partial charge in [-0.25, -0.2) is 4.79 Å². The topological polar surface area (TPSA) is 95.5 Å². The van der Waals surface area contributed by atoms with Gasteiger partial charge in [0.1, 0.15) is 12.1 Å². The maximum Gasteiger partial charge on any atom is 0.326 e. The van der Waals surface area contributed by atoms with E-state index in [1.165, 1.54) is 6.92 Å². The second kappa shape index (κ2) is 9.15. The molecule has 23 heavy (non-hydrogen) atoms. The van der Waals surface area contributed by atoms with E-state index in [0.29, 0.717) is 23.4 Å². The van der Waals surface area contributed by atoms with Gasteiger partial charge < -0.3 is 15.7 Å². The summed E-state index contributed by atoms with van der Waals surface area (Å²) in [5.74, 6) is -2.04. The Hall–Kier alpha value is -2.08. The summed E-state index contributed by atoms with van der Waals surface area (Å²) in [5, 5.41) is 14.6. The maximum atomic E-state index is 12.0. The molecule has 2 atom stereocenters. The molecule has 6 nitrogen and oxygen atoms in total. The number of rotatable bonds is 8. The molecule has 3 N–H and O–H groups in total. The van der Waals surface area contributed by atoms with Crippen molar-refractivity contribution in [3.63, 3.8) is 0 Å². The zero-order valence-corrected chi connectivity index (χ0v) is 13.9. The lowest BCUT2D eigenvalue weighted by Crippen LogP contribution is -2.50. The molecule has 1 aromatic carbocycles. The van der Waals surface area contributed by atoms with E-state index in [0.717, 1.165) is 6.42 Å². The van der Waals surface area contributed by atoms with Gasteiger partial charge in [0.25, 0.3) is 5.91 Å². The first-order valence-corrected chi connectivity index (χ1v) is 7.82. The zero-order valence-electron chi connectivity index (χ0n) is 13.1. The first kappa shape index (κ1) is 19.0. The summed E-state index contributed by atoms with van der Waals surface area (Å²) in [6.07, 6.45) is 1.89. The summed E-state index contributed by atoms with van der Waals surface area (Å²) >= 11 is 5.75. The Morgan fingerprint density at radius 3 is 2.30 bits per heavy atom. The third-order valence-corrected chi connectivity index (χ3v) is 3.56. The van der Waals surface area contributed by atoms with Crippen molar-refractivity contribution in [3.05, 3.63) is 34.9 Å². The van der Waals surface area contributed by atoms with E-state index in [1.807, 2.05) is 6.92 Å². The lowest BCUT2D eigenvalue weighted by Gasteiger charge is -2.18. The van der Waals surface area contributed by atoms with Crippen LogP contribution in [-0.4, -0.2) is 35.0 Å². The molecule has 0 spiro atoms. The van der Waals surface area contributed by atoms with Crippen LogP contribution in [0.1, 0.15) is 43.5 Å². The number of hydrogen-bond acceptors (Lipinski definition) is 3. The van der Waals surface area contributed by atoms with Crippen LogP contribution in [0.15, 0.2) is 24.3 Å². The highest BCUT2D eigenvalue weighted by molar-refractivity contribution is 6.30. The Kier molecular flexibility index (Phi) is 7.54. The van der Waals surface area contributed by atoms with E-state index in [1.54, 1.807) is 24.3 Å². The Morgan fingerprint density at radius 2 is 1.78 bits per heavy atom. The number of aliphatic carboxylic acids is 1. The Morgan fingerprint density at radius 1 is 1.17 bits per heavy atom. The summed E-state index contributed by atoms with van der Waals surface area (Å²) in [6.45, 7) is 3.44. The largest absolute Gasteiger partial charge is 0.480 e. The summed E-state index contributed by atoms with van der Waals surface area (Å²) in [7, 11) is 0. The van der Waals surface area contributed by atoms with Crippen molar-refractivity contribution in [2.45, 2.75) is 45.2 Å². The van der Waals surface area contributed by atoms with Gasteiger partial charge in [0.2, 0.25) is 5.91 Å². The molecule has 0 saturated carbocycles. The minimum atomic E-state index is -1.08. The molecule has 0 aliphatic heterocycles. The molecule has 0 aliphatic rings. The van der Waals surface area contributed by atoms with Gasteiger partial charge in [-0.1, -0.05) is 31.4 Å². The monoisotopic (exact) mass is 340 g/mol. The standard InChI is InChI=1S/C16H21ClN2O4/c1-3-4-5-13(16(22)23)19-14(20)10(2)18-15(21)11-6-8-12(17)9-7-11/h6-10,13H,3-5H2,1-2H3,(H,18,21)(H,19,20)(H,22,23). The molecule has 1 rings (SSSR count). The normalized spacial score (nSPS) is 13.0. The number of carboxylic acids is 1. The first-order valence-electron chi connectivity index (χ1n) is 7.44. The fourth-order valence-electron chi connectivity index (χ4n) is 1.91. The van der Waals surface area contributed by atoms with Crippen LogP contribution < -0.4 is 10.6 Å². The van der Waals surface area contributed by atoms with Crippen molar-refractivity contribution in [1.29, 1.82) is 0 Å². The van der Waals surface area contributed by atoms with Gasteiger partial charge in [-0.15, -0.1) is 0 Å². The van der Waals surface area contributed by atoms with Gasteiger partial charge in [-0.05, 0) is 37.6 Å². The molecule has 0 saturated heterocycles. The molecule has 1 aromatic rings. The highest BCUT2D eigenvalue weighted by atomic mass is 35.5.